The number of benzene rings is 1. The Bertz CT molecular complexity index is 414. The van der Waals surface area contributed by atoms with Crippen molar-refractivity contribution in [1.82, 2.24) is 5.32 Å². The molecule has 1 aliphatic rings. The Morgan fingerprint density at radius 2 is 2.00 bits per heavy atom. The second kappa shape index (κ2) is 7.26. The van der Waals surface area contributed by atoms with Crippen molar-refractivity contribution in [2.24, 2.45) is 5.92 Å². The van der Waals surface area contributed by atoms with E-state index in [2.05, 4.69) is 5.32 Å². The lowest BCUT2D eigenvalue weighted by Gasteiger charge is -2.21. The average molecular weight is 263 g/mol. The van der Waals surface area contributed by atoms with Gasteiger partial charge in [-0.15, -0.1) is 0 Å². The topological polar surface area (TPSA) is 47.6 Å². The minimum absolute atomic E-state index is 0.100. The zero-order chi connectivity index (χ0) is 13.5. The summed E-state index contributed by atoms with van der Waals surface area (Å²) in [4.78, 5) is 12.0. The number of hydrogen-bond acceptors (Lipinski definition) is 3. The van der Waals surface area contributed by atoms with Crippen LogP contribution >= 0.6 is 0 Å². The zero-order valence-electron chi connectivity index (χ0n) is 11.4. The molecule has 1 aliphatic heterocycles. The highest BCUT2D eigenvalue weighted by Crippen LogP contribution is 2.15. The standard InChI is InChI=1S/C15H21NO3/c1-18-11-14-5-3-2-4-13(14)10-16-15(17)12-6-8-19-9-7-12/h2-5,12H,6-11H2,1H3,(H,16,17). The minimum atomic E-state index is 0.100. The maximum Gasteiger partial charge on any atom is 0.223 e. The highest BCUT2D eigenvalue weighted by Gasteiger charge is 2.21. The smallest absolute Gasteiger partial charge is 0.223 e. The fraction of sp³-hybridized carbons (Fsp3) is 0.533. The molecule has 4 nitrogen and oxygen atoms in total. The Labute approximate surface area is 114 Å². The van der Waals surface area contributed by atoms with E-state index in [-0.39, 0.29) is 11.8 Å². The Morgan fingerprint density at radius 1 is 1.32 bits per heavy atom. The maximum atomic E-state index is 12.0. The molecular formula is C15H21NO3. The van der Waals surface area contributed by atoms with E-state index in [9.17, 15) is 4.79 Å². The first-order valence-electron chi connectivity index (χ1n) is 6.72. The van der Waals surface area contributed by atoms with E-state index in [1.54, 1.807) is 7.11 Å². The first kappa shape index (κ1) is 14.0. The molecule has 0 unspecified atom stereocenters. The van der Waals surface area contributed by atoms with Gasteiger partial charge in [-0.25, -0.2) is 0 Å². The van der Waals surface area contributed by atoms with Crippen LogP contribution in [0.1, 0.15) is 24.0 Å². The van der Waals surface area contributed by atoms with Crippen LogP contribution in [-0.4, -0.2) is 26.2 Å². The van der Waals surface area contributed by atoms with Gasteiger partial charge in [0, 0.05) is 32.8 Å². The van der Waals surface area contributed by atoms with Crippen molar-refractivity contribution in [3.63, 3.8) is 0 Å². The first-order valence-corrected chi connectivity index (χ1v) is 6.72. The van der Waals surface area contributed by atoms with E-state index in [0.29, 0.717) is 26.4 Å². The summed E-state index contributed by atoms with van der Waals surface area (Å²) >= 11 is 0. The molecule has 0 atom stereocenters. The molecule has 1 heterocycles. The van der Waals surface area contributed by atoms with Crippen molar-refractivity contribution in [3.8, 4) is 0 Å². The van der Waals surface area contributed by atoms with Crippen molar-refractivity contribution in [2.75, 3.05) is 20.3 Å². The molecule has 4 heteroatoms. The van der Waals surface area contributed by atoms with E-state index in [0.717, 1.165) is 24.0 Å². The third-order valence-corrected chi connectivity index (χ3v) is 3.46. The van der Waals surface area contributed by atoms with Crippen LogP contribution in [0.15, 0.2) is 24.3 Å². The molecule has 1 aromatic rings. The zero-order valence-corrected chi connectivity index (χ0v) is 11.4. The van der Waals surface area contributed by atoms with E-state index in [1.165, 1.54) is 0 Å². The molecule has 2 rings (SSSR count). The largest absolute Gasteiger partial charge is 0.381 e. The van der Waals surface area contributed by atoms with Crippen molar-refractivity contribution in [3.05, 3.63) is 35.4 Å². The Hall–Kier alpha value is -1.39. The third kappa shape index (κ3) is 4.04. The third-order valence-electron chi connectivity index (χ3n) is 3.46. The lowest BCUT2D eigenvalue weighted by atomic mass is 9.99. The summed E-state index contributed by atoms with van der Waals surface area (Å²) < 4.78 is 10.4. The molecule has 0 bridgehead atoms. The molecule has 1 N–H and O–H groups in total. The Balaban J connectivity index is 1.89. The van der Waals surface area contributed by atoms with Crippen LogP contribution in [0.2, 0.25) is 0 Å². The molecule has 1 saturated heterocycles. The number of rotatable bonds is 5. The van der Waals surface area contributed by atoms with Gasteiger partial charge in [0.15, 0.2) is 0 Å². The van der Waals surface area contributed by atoms with E-state index in [1.807, 2.05) is 24.3 Å². The summed E-state index contributed by atoms with van der Waals surface area (Å²) in [5.74, 6) is 0.235. The molecule has 0 saturated carbocycles. The molecule has 0 spiro atoms. The normalized spacial score (nSPS) is 16.3. The number of carbonyl (C=O) groups excluding carboxylic acids is 1. The Morgan fingerprint density at radius 3 is 2.68 bits per heavy atom. The van der Waals surface area contributed by atoms with Gasteiger partial charge in [-0.1, -0.05) is 24.3 Å². The van der Waals surface area contributed by atoms with E-state index >= 15 is 0 Å². The monoisotopic (exact) mass is 263 g/mol. The lowest BCUT2D eigenvalue weighted by molar-refractivity contribution is -0.128. The first-order chi connectivity index (χ1) is 9.31. The van der Waals surface area contributed by atoms with Gasteiger partial charge in [0.25, 0.3) is 0 Å². The van der Waals surface area contributed by atoms with Crippen LogP contribution < -0.4 is 5.32 Å². The summed E-state index contributed by atoms with van der Waals surface area (Å²) in [6.45, 7) is 2.52. The number of nitrogens with one attached hydrogen (secondary N) is 1. The molecular weight excluding hydrogens is 242 g/mol. The van der Waals surface area contributed by atoms with Gasteiger partial charge in [0.1, 0.15) is 0 Å². The second-order valence-electron chi connectivity index (χ2n) is 4.81. The van der Waals surface area contributed by atoms with Gasteiger partial charge in [-0.3, -0.25) is 4.79 Å². The predicted octanol–water partition coefficient (Wildman–Crippen LogP) is 1.88. The van der Waals surface area contributed by atoms with Gasteiger partial charge in [0.2, 0.25) is 5.91 Å². The molecule has 104 valence electrons. The molecule has 19 heavy (non-hydrogen) atoms. The highest BCUT2D eigenvalue weighted by molar-refractivity contribution is 5.78. The van der Waals surface area contributed by atoms with Crippen molar-refractivity contribution in [1.29, 1.82) is 0 Å². The summed E-state index contributed by atoms with van der Waals surface area (Å²) in [5.41, 5.74) is 2.24. The number of methoxy groups -OCH3 is 1. The van der Waals surface area contributed by atoms with Crippen LogP contribution in [0, 0.1) is 5.92 Å². The van der Waals surface area contributed by atoms with Crippen LogP contribution in [-0.2, 0) is 27.4 Å². The van der Waals surface area contributed by atoms with Gasteiger partial charge >= 0.3 is 0 Å². The van der Waals surface area contributed by atoms with Gasteiger partial charge in [-0.05, 0) is 24.0 Å². The summed E-state index contributed by atoms with van der Waals surface area (Å²) in [6.07, 6.45) is 1.65. The van der Waals surface area contributed by atoms with Crippen LogP contribution in [0.3, 0.4) is 0 Å². The van der Waals surface area contributed by atoms with Crippen molar-refractivity contribution in [2.45, 2.75) is 26.0 Å². The molecule has 1 aromatic carbocycles. The number of amides is 1. The van der Waals surface area contributed by atoms with Crippen LogP contribution in [0.4, 0.5) is 0 Å². The van der Waals surface area contributed by atoms with Gasteiger partial charge < -0.3 is 14.8 Å². The summed E-state index contributed by atoms with van der Waals surface area (Å²) in [7, 11) is 1.68. The fourth-order valence-electron chi connectivity index (χ4n) is 2.31. The lowest BCUT2D eigenvalue weighted by Crippen LogP contribution is -2.34. The molecule has 0 aliphatic carbocycles. The average Bonchev–Trinajstić information content (AvgIpc) is 2.47. The SMILES string of the molecule is COCc1ccccc1CNC(=O)C1CCOCC1. The fourth-order valence-corrected chi connectivity index (χ4v) is 2.31. The highest BCUT2D eigenvalue weighted by atomic mass is 16.5. The number of carbonyl (C=O) groups is 1. The number of ether oxygens (including phenoxy) is 2. The minimum Gasteiger partial charge on any atom is -0.381 e. The van der Waals surface area contributed by atoms with Crippen LogP contribution in [0.25, 0.3) is 0 Å². The number of hydrogen-bond donors (Lipinski definition) is 1. The second-order valence-corrected chi connectivity index (χ2v) is 4.81. The van der Waals surface area contributed by atoms with E-state index in [4.69, 9.17) is 9.47 Å². The maximum absolute atomic E-state index is 12.0. The van der Waals surface area contributed by atoms with Crippen LogP contribution in [0.5, 0.6) is 0 Å². The molecule has 1 amide bonds. The van der Waals surface area contributed by atoms with Gasteiger partial charge in [-0.2, -0.15) is 0 Å². The van der Waals surface area contributed by atoms with Crippen molar-refractivity contribution >= 4 is 5.91 Å². The summed E-state index contributed by atoms with van der Waals surface area (Å²) in [5, 5.41) is 3.02. The van der Waals surface area contributed by atoms with Gasteiger partial charge in [0.05, 0.1) is 6.61 Å². The van der Waals surface area contributed by atoms with Crippen molar-refractivity contribution < 1.29 is 14.3 Å². The Kier molecular flexibility index (Phi) is 5.36. The molecule has 0 aromatic heterocycles. The molecule has 0 radical (unpaired) electrons. The quantitative estimate of drug-likeness (QED) is 0.882. The van der Waals surface area contributed by atoms with E-state index < -0.39 is 0 Å². The molecule has 1 fully saturated rings. The predicted molar refractivity (Wildman–Crippen MR) is 72.5 cm³/mol. The summed E-state index contributed by atoms with van der Waals surface area (Å²) in [6, 6.07) is 8.02.